The van der Waals surface area contributed by atoms with E-state index in [4.69, 9.17) is 9.52 Å². The van der Waals surface area contributed by atoms with Gasteiger partial charge in [-0.2, -0.15) is 13.2 Å². The van der Waals surface area contributed by atoms with Crippen LogP contribution >= 0.6 is 0 Å². The molecule has 1 N–H and O–H groups in total. The van der Waals surface area contributed by atoms with Crippen molar-refractivity contribution in [3.8, 4) is 11.5 Å². The van der Waals surface area contributed by atoms with Crippen LogP contribution in [0.1, 0.15) is 23.4 Å². The second kappa shape index (κ2) is 5.15. The second-order valence-corrected chi connectivity index (χ2v) is 5.21. The SMILES string of the molecule is O=C(O)C1CCc2oc(-c3ccccc3C(F)(F)F)nc2C1. The third-order valence-electron chi connectivity index (χ3n) is 3.75. The minimum atomic E-state index is -4.50. The molecule has 1 aromatic heterocycles. The monoisotopic (exact) mass is 311 g/mol. The summed E-state index contributed by atoms with van der Waals surface area (Å²) in [5.41, 5.74) is -0.509. The van der Waals surface area contributed by atoms with Gasteiger partial charge in [0, 0.05) is 18.4 Å². The molecule has 0 bridgehead atoms. The molecular weight excluding hydrogens is 299 g/mol. The lowest BCUT2D eigenvalue weighted by Crippen LogP contribution is -2.21. The molecule has 1 heterocycles. The molecule has 1 atom stereocenters. The smallest absolute Gasteiger partial charge is 0.417 e. The number of benzene rings is 1. The van der Waals surface area contributed by atoms with Gasteiger partial charge in [0.2, 0.25) is 5.89 Å². The van der Waals surface area contributed by atoms with Crippen LogP contribution in [0.15, 0.2) is 28.7 Å². The fourth-order valence-electron chi connectivity index (χ4n) is 2.62. The quantitative estimate of drug-likeness (QED) is 0.921. The van der Waals surface area contributed by atoms with Crippen LogP contribution in [-0.4, -0.2) is 16.1 Å². The zero-order valence-electron chi connectivity index (χ0n) is 11.4. The number of hydrogen-bond donors (Lipinski definition) is 1. The zero-order valence-corrected chi connectivity index (χ0v) is 11.4. The highest BCUT2D eigenvalue weighted by Gasteiger charge is 2.35. The van der Waals surface area contributed by atoms with Crippen molar-refractivity contribution >= 4 is 5.97 Å². The first-order valence-corrected chi connectivity index (χ1v) is 6.74. The lowest BCUT2D eigenvalue weighted by molar-refractivity contribution is -0.142. The molecular formula is C15H12F3NO3. The Morgan fingerprint density at radius 3 is 2.73 bits per heavy atom. The largest absolute Gasteiger partial charge is 0.481 e. The van der Waals surface area contributed by atoms with Crippen LogP contribution in [0.4, 0.5) is 13.2 Å². The maximum absolute atomic E-state index is 13.0. The molecule has 0 aliphatic heterocycles. The normalized spacial score (nSPS) is 18.0. The Balaban J connectivity index is 2.01. The topological polar surface area (TPSA) is 63.3 Å². The van der Waals surface area contributed by atoms with E-state index in [0.717, 1.165) is 6.07 Å². The van der Waals surface area contributed by atoms with Gasteiger partial charge in [0.25, 0.3) is 0 Å². The van der Waals surface area contributed by atoms with Crippen molar-refractivity contribution in [2.45, 2.75) is 25.4 Å². The van der Waals surface area contributed by atoms with Gasteiger partial charge in [-0.15, -0.1) is 0 Å². The molecule has 7 heteroatoms. The van der Waals surface area contributed by atoms with E-state index in [2.05, 4.69) is 4.98 Å². The predicted octanol–water partition coefficient (Wildman–Crippen LogP) is 3.55. The van der Waals surface area contributed by atoms with Gasteiger partial charge in [-0.05, 0) is 18.6 Å². The van der Waals surface area contributed by atoms with Gasteiger partial charge < -0.3 is 9.52 Å². The van der Waals surface area contributed by atoms with Crippen molar-refractivity contribution in [2.75, 3.05) is 0 Å². The minimum Gasteiger partial charge on any atom is -0.481 e. The van der Waals surface area contributed by atoms with E-state index in [-0.39, 0.29) is 17.9 Å². The Kier molecular flexibility index (Phi) is 3.42. The summed E-state index contributed by atoms with van der Waals surface area (Å²) >= 11 is 0. The number of rotatable bonds is 2. The summed E-state index contributed by atoms with van der Waals surface area (Å²) in [6, 6.07) is 5.05. The van der Waals surface area contributed by atoms with Crippen LogP contribution in [0.2, 0.25) is 0 Å². The van der Waals surface area contributed by atoms with Gasteiger partial charge in [0.15, 0.2) is 0 Å². The Hall–Kier alpha value is -2.31. The van der Waals surface area contributed by atoms with E-state index in [0.29, 0.717) is 24.3 Å². The summed E-state index contributed by atoms with van der Waals surface area (Å²) in [6.45, 7) is 0. The Morgan fingerprint density at radius 1 is 1.32 bits per heavy atom. The fourth-order valence-corrected chi connectivity index (χ4v) is 2.62. The molecule has 0 saturated carbocycles. The summed E-state index contributed by atoms with van der Waals surface area (Å²) < 4.78 is 44.6. The molecule has 4 nitrogen and oxygen atoms in total. The minimum absolute atomic E-state index is 0.107. The molecule has 1 aliphatic rings. The van der Waals surface area contributed by atoms with Crippen LogP contribution in [0, 0.1) is 5.92 Å². The third-order valence-corrected chi connectivity index (χ3v) is 3.75. The number of aliphatic carboxylic acids is 1. The highest BCUT2D eigenvalue weighted by atomic mass is 19.4. The van der Waals surface area contributed by atoms with Crippen molar-refractivity contribution in [2.24, 2.45) is 5.92 Å². The van der Waals surface area contributed by atoms with Gasteiger partial charge >= 0.3 is 12.1 Å². The van der Waals surface area contributed by atoms with Crippen LogP contribution in [0.25, 0.3) is 11.5 Å². The number of fused-ring (bicyclic) bond motifs is 1. The number of carboxylic acid groups (broad SMARTS) is 1. The zero-order chi connectivity index (χ0) is 15.9. The molecule has 3 rings (SSSR count). The van der Waals surface area contributed by atoms with Gasteiger partial charge in [0.05, 0.1) is 17.2 Å². The molecule has 1 aromatic carbocycles. The number of hydrogen-bond acceptors (Lipinski definition) is 3. The molecule has 0 spiro atoms. The van der Waals surface area contributed by atoms with E-state index >= 15 is 0 Å². The molecule has 0 radical (unpaired) electrons. The number of oxazole rings is 1. The van der Waals surface area contributed by atoms with E-state index in [1.54, 1.807) is 0 Å². The van der Waals surface area contributed by atoms with Gasteiger partial charge in [-0.25, -0.2) is 4.98 Å². The molecule has 22 heavy (non-hydrogen) atoms. The Labute approximate surface area is 123 Å². The van der Waals surface area contributed by atoms with E-state index in [1.165, 1.54) is 18.2 Å². The lowest BCUT2D eigenvalue weighted by Gasteiger charge is -2.15. The van der Waals surface area contributed by atoms with Crippen molar-refractivity contribution < 1.29 is 27.5 Å². The number of alkyl halides is 3. The molecule has 2 aromatic rings. The first-order valence-electron chi connectivity index (χ1n) is 6.74. The predicted molar refractivity (Wildman–Crippen MR) is 70.1 cm³/mol. The number of carbonyl (C=O) groups is 1. The number of halogens is 3. The molecule has 0 amide bonds. The number of aryl methyl sites for hydroxylation is 1. The van der Waals surface area contributed by atoms with Crippen molar-refractivity contribution in [1.29, 1.82) is 0 Å². The van der Waals surface area contributed by atoms with Crippen molar-refractivity contribution in [1.82, 2.24) is 4.98 Å². The van der Waals surface area contributed by atoms with E-state index < -0.39 is 23.6 Å². The molecule has 1 aliphatic carbocycles. The average molecular weight is 311 g/mol. The molecule has 1 unspecified atom stereocenters. The van der Waals surface area contributed by atoms with Crippen LogP contribution in [-0.2, 0) is 23.8 Å². The van der Waals surface area contributed by atoms with Crippen LogP contribution < -0.4 is 0 Å². The third kappa shape index (κ3) is 2.58. The summed E-state index contributed by atoms with van der Waals surface area (Å²) in [4.78, 5) is 15.1. The summed E-state index contributed by atoms with van der Waals surface area (Å²) in [6.07, 6.45) is -3.55. The first kappa shape index (κ1) is 14.6. The maximum atomic E-state index is 13.0. The second-order valence-electron chi connectivity index (χ2n) is 5.21. The number of nitrogens with zero attached hydrogens (tertiary/aromatic N) is 1. The first-order chi connectivity index (χ1) is 10.4. The number of aromatic nitrogens is 1. The highest BCUT2D eigenvalue weighted by molar-refractivity contribution is 5.71. The molecule has 116 valence electrons. The van der Waals surface area contributed by atoms with Gasteiger partial charge in [-0.3, -0.25) is 4.79 Å². The Morgan fingerprint density at radius 2 is 2.05 bits per heavy atom. The van der Waals surface area contributed by atoms with Gasteiger partial charge in [-0.1, -0.05) is 12.1 Å². The highest BCUT2D eigenvalue weighted by Crippen LogP contribution is 2.38. The average Bonchev–Trinajstić information content (AvgIpc) is 2.89. The fraction of sp³-hybridized carbons (Fsp3) is 0.333. The molecule has 0 fully saturated rings. The summed E-state index contributed by atoms with van der Waals surface area (Å²) in [5, 5.41) is 9.03. The van der Waals surface area contributed by atoms with Crippen LogP contribution in [0.3, 0.4) is 0 Å². The maximum Gasteiger partial charge on any atom is 0.417 e. The summed E-state index contributed by atoms with van der Waals surface area (Å²) in [7, 11) is 0. The van der Waals surface area contributed by atoms with Gasteiger partial charge in [0.1, 0.15) is 5.76 Å². The van der Waals surface area contributed by atoms with E-state index in [1.807, 2.05) is 0 Å². The molecule has 0 saturated heterocycles. The summed E-state index contributed by atoms with van der Waals surface area (Å²) in [5.74, 6) is -1.12. The van der Waals surface area contributed by atoms with Crippen LogP contribution in [0.5, 0.6) is 0 Å². The van der Waals surface area contributed by atoms with Crippen molar-refractivity contribution in [3.63, 3.8) is 0 Å². The lowest BCUT2D eigenvalue weighted by atomic mass is 9.90. The van der Waals surface area contributed by atoms with Crippen molar-refractivity contribution in [3.05, 3.63) is 41.3 Å². The Bertz CT molecular complexity index is 721. The standard InChI is InChI=1S/C15H12F3NO3/c16-15(17,18)10-4-2-1-3-9(10)13-19-11-7-8(14(20)21)5-6-12(11)22-13/h1-4,8H,5-7H2,(H,20,21). The number of carboxylic acids is 1. The van der Waals surface area contributed by atoms with E-state index in [9.17, 15) is 18.0 Å².